The van der Waals surface area contributed by atoms with Crippen molar-refractivity contribution in [3.63, 3.8) is 0 Å². The molecule has 0 aromatic rings. The normalized spacial score (nSPS) is 39.6. The van der Waals surface area contributed by atoms with Crippen molar-refractivity contribution < 1.29 is 0 Å². The van der Waals surface area contributed by atoms with Crippen LogP contribution in [0.5, 0.6) is 0 Å². The molecule has 0 saturated heterocycles. The Morgan fingerprint density at radius 1 is 1.86 bits per heavy atom. The summed E-state index contributed by atoms with van der Waals surface area (Å²) in [5, 5.41) is 2.21. The van der Waals surface area contributed by atoms with Crippen LogP contribution in [-0.4, -0.2) is 11.6 Å². The summed E-state index contributed by atoms with van der Waals surface area (Å²) >= 11 is 0. The Labute approximate surface area is 47.2 Å². The summed E-state index contributed by atoms with van der Waals surface area (Å²) in [7, 11) is 0.367. The Balaban J connectivity index is 2.58. The fourth-order valence-corrected chi connectivity index (χ4v) is 2.08. The van der Waals surface area contributed by atoms with Gasteiger partial charge in [0.05, 0.1) is 0 Å². The lowest BCUT2D eigenvalue weighted by Crippen LogP contribution is -1.85. The van der Waals surface area contributed by atoms with E-state index >= 15 is 0 Å². The highest BCUT2D eigenvalue weighted by atomic mass is 32.2. The lowest BCUT2D eigenvalue weighted by atomic mass is 10.2. The lowest BCUT2D eigenvalue weighted by Gasteiger charge is -1.93. The van der Waals surface area contributed by atoms with Gasteiger partial charge >= 0.3 is 0 Å². The quantitative estimate of drug-likeness (QED) is 0.422. The van der Waals surface area contributed by atoms with Gasteiger partial charge in [0.2, 0.25) is 0 Å². The molecule has 40 valence electrons. The van der Waals surface area contributed by atoms with Crippen LogP contribution in [-0.2, 0) is 0 Å². The standard InChI is InChI=1S/C6H10S/c1-6-3-4-7(2)5-6/h3-4,6H,2,5H2,1H3. The highest BCUT2D eigenvalue weighted by molar-refractivity contribution is 8.16. The highest BCUT2D eigenvalue weighted by Gasteiger charge is 2.02. The van der Waals surface area contributed by atoms with E-state index < -0.39 is 0 Å². The predicted molar refractivity (Wildman–Crippen MR) is 37.9 cm³/mol. The first-order valence-electron chi connectivity index (χ1n) is 2.47. The molecule has 0 aromatic heterocycles. The Kier molecular flexibility index (Phi) is 1.33. The zero-order valence-corrected chi connectivity index (χ0v) is 5.37. The Morgan fingerprint density at radius 2 is 2.57 bits per heavy atom. The molecule has 0 aliphatic carbocycles. The van der Waals surface area contributed by atoms with Crippen molar-refractivity contribution in [3.8, 4) is 0 Å². The van der Waals surface area contributed by atoms with Crippen molar-refractivity contribution in [2.24, 2.45) is 5.92 Å². The van der Waals surface area contributed by atoms with Gasteiger partial charge in [-0.1, -0.05) is 18.9 Å². The zero-order chi connectivity index (χ0) is 5.28. The van der Waals surface area contributed by atoms with E-state index in [0.29, 0.717) is 10.5 Å². The van der Waals surface area contributed by atoms with Gasteiger partial charge in [-0.05, 0) is 17.1 Å². The van der Waals surface area contributed by atoms with Crippen LogP contribution in [0.4, 0.5) is 0 Å². The van der Waals surface area contributed by atoms with E-state index in [2.05, 4.69) is 24.3 Å². The van der Waals surface area contributed by atoms with Crippen LogP contribution in [0, 0.1) is 5.92 Å². The summed E-state index contributed by atoms with van der Waals surface area (Å²) in [6.07, 6.45) is 2.25. The number of rotatable bonds is 0. The summed E-state index contributed by atoms with van der Waals surface area (Å²) in [6.45, 7) is 2.23. The number of hydrogen-bond acceptors (Lipinski definition) is 0. The maximum atomic E-state index is 3.93. The molecule has 7 heavy (non-hydrogen) atoms. The van der Waals surface area contributed by atoms with E-state index in [9.17, 15) is 0 Å². The van der Waals surface area contributed by atoms with Gasteiger partial charge in [-0.25, -0.2) is 0 Å². The minimum absolute atomic E-state index is 0.367. The van der Waals surface area contributed by atoms with Crippen molar-refractivity contribution in [1.29, 1.82) is 0 Å². The average molecular weight is 114 g/mol. The van der Waals surface area contributed by atoms with E-state index in [1.807, 2.05) is 0 Å². The van der Waals surface area contributed by atoms with E-state index in [1.54, 1.807) is 0 Å². The third-order valence-electron chi connectivity index (χ3n) is 1.08. The third kappa shape index (κ3) is 1.16. The second kappa shape index (κ2) is 1.83. The molecule has 0 bridgehead atoms. The Bertz CT molecular complexity index is 113. The maximum Gasteiger partial charge on any atom is -0.00240 e. The van der Waals surface area contributed by atoms with Crippen LogP contribution in [0.25, 0.3) is 0 Å². The van der Waals surface area contributed by atoms with Crippen molar-refractivity contribution in [2.75, 3.05) is 5.75 Å². The first kappa shape index (κ1) is 5.10. The molecule has 0 nitrogen and oxygen atoms in total. The van der Waals surface area contributed by atoms with Gasteiger partial charge in [0.25, 0.3) is 0 Å². The molecule has 1 aliphatic rings. The van der Waals surface area contributed by atoms with Gasteiger partial charge in [0.1, 0.15) is 0 Å². The smallest absolute Gasteiger partial charge is 0.00240 e. The molecule has 1 aliphatic heterocycles. The van der Waals surface area contributed by atoms with E-state index in [1.165, 1.54) is 5.75 Å². The zero-order valence-electron chi connectivity index (χ0n) is 4.55. The van der Waals surface area contributed by atoms with Crippen molar-refractivity contribution >= 4 is 16.4 Å². The summed E-state index contributed by atoms with van der Waals surface area (Å²) < 4.78 is 0. The van der Waals surface area contributed by atoms with Gasteiger partial charge in [-0.15, -0.1) is 0 Å². The van der Waals surface area contributed by atoms with Crippen LogP contribution < -0.4 is 0 Å². The van der Waals surface area contributed by atoms with Crippen LogP contribution >= 0.6 is 10.5 Å². The second-order valence-electron chi connectivity index (χ2n) is 2.01. The highest BCUT2D eigenvalue weighted by Crippen LogP contribution is 2.24. The molecular weight excluding hydrogens is 104 g/mol. The predicted octanol–water partition coefficient (Wildman–Crippen LogP) is 1.85. The molecule has 1 heteroatoms. The minimum atomic E-state index is 0.367. The molecule has 0 amide bonds. The Morgan fingerprint density at radius 3 is 2.71 bits per heavy atom. The molecule has 0 spiro atoms. The molecule has 1 rings (SSSR count). The summed E-state index contributed by atoms with van der Waals surface area (Å²) in [5.74, 6) is 6.00. The van der Waals surface area contributed by atoms with E-state index in [4.69, 9.17) is 0 Å². The molecule has 0 aromatic carbocycles. The van der Waals surface area contributed by atoms with Gasteiger partial charge < -0.3 is 0 Å². The third-order valence-corrected chi connectivity index (χ3v) is 2.57. The monoisotopic (exact) mass is 114 g/mol. The van der Waals surface area contributed by atoms with Crippen LogP contribution in [0.1, 0.15) is 6.92 Å². The van der Waals surface area contributed by atoms with Gasteiger partial charge in [0.15, 0.2) is 0 Å². The van der Waals surface area contributed by atoms with Crippen molar-refractivity contribution in [2.45, 2.75) is 6.92 Å². The maximum absolute atomic E-state index is 3.93. The summed E-state index contributed by atoms with van der Waals surface area (Å²) in [5.41, 5.74) is 0. The molecule has 0 N–H and O–H groups in total. The summed E-state index contributed by atoms with van der Waals surface area (Å²) in [6, 6.07) is 0. The van der Waals surface area contributed by atoms with Crippen molar-refractivity contribution in [3.05, 3.63) is 11.5 Å². The fraction of sp³-hybridized carbons (Fsp3) is 0.500. The number of hydrogen-bond donors (Lipinski definition) is 0. The topological polar surface area (TPSA) is 0 Å². The fourth-order valence-electron chi connectivity index (χ4n) is 0.694. The van der Waals surface area contributed by atoms with Gasteiger partial charge in [-0.2, -0.15) is 10.5 Å². The van der Waals surface area contributed by atoms with Gasteiger partial charge in [0, 0.05) is 0 Å². The largest absolute Gasteiger partial charge is 0.169 e. The molecule has 1 heterocycles. The van der Waals surface area contributed by atoms with Crippen LogP contribution in [0.3, 0.4) is 0 Å². The van der Waals surface area contributed by atoms with Crippen LogP contribution in [0.2, 0.25) is 0 Å². The number of allylic oxidation sites excluding steroid dienone is 1. The van der Waals surface area contributed by atoms with Gasteiger partial charge in [-0.3, -0.25) is 0 Å². The molecular formula is C6H10S. The molecule has 2 atom stereocenters. The Hall–Kier alpha value is -0.0400. The molecule has 0 fully saturated rings. The molecule has 2 unspecified atom stereocenters. The minimum Gasteiger partial charge on any atom is -0.169 e. The van der Waals surface area contributed by atoms with E-state index in [-0.39, 0.29) is 0 Å². The SMILES string of the molecule is C=S1C=CC(C)C1. The lowest BCUT2D eigenvalue weighted by molar-refractivity contribution is 0.860. The summed E-state index contributed by atoms with van der Waals surface area (Å²) in [4.78, 5) is 0. The molecule has 0 saturated carbocycles. The van der Waals surface area contributed by atoms with Crippen LogP contribution in [0.15, 0.2) is 11.5 Å². The van der Waals surface area contributed by atoms with E-state index in [0.717, 1.165) is 5.92 Å². The first-order valence-corrected chi connectivity index (χ1v) is 4.09. The first-order chi connectivity index (χ1) is 3.29. The molecule has 0 radical (unpaired) electrons. The average Bonchev–Trinajstić information content (AvgIpc) is 1.87. The van der Waals surface area contributed by atoms with Crippen molar-refractivity contribution in [1.82, 2.24) is 0 Å². The second-order valence-corrected chi connectivity index (χ2v) is 3.69.